The summed E-state index contributed by atoms with van der Waals surface area (Å²) in [6.07, 6.45) is 0. The van der Waals surface area contributed by atoms with Gasteiger partial charge in [0.1, 0.15) is 17.0 Å². The first kappa shape index (κ1) is 14.3. The van der Waals surface area contributed by atoms with Gasteiger partial charge in [-0.1, -0.05) is 16.8 Å². The van der Waals surface area contributed by atoms with Crippen molar-refractivity contribution in [1.29, 1.82) is 0 Å². The third-order valence-electron chi connectivity index (χ3n) is 3.65. The van der Waals surface area contributed by atoms with E-state index in [1.807, 2.05) is 19.1 Å². The van der Waals surface area contributed by atoms with E-state index in [-0.39, 0.29) is 23.1 Å². The normalized spacial score (nSPS) is 11.1. The number of fused-ring (bicyclic) bond motifs is 1. The predicted octanol–water partition coefficient (Wildman–Crippen LogP) is 3.96. The van der Waals surface area contributed by atoms with E-state index in [0.717, 1.165) is 10.9 Å². The molecule has 0 atom stereocenters. The molecule has 5 nitrogen and oxygen atoms in total. The van der Waals surface area contributed by atoms with Gasteiger partial charge in [0.15, 0.2) is 0 Å². The van der Waals surface area contributed by atoms with Crippen LogP contribution in [-0.2, 0) is 0 Å². The summed E-state index contributed by atoms with van der Waals surface area (Å²) in [5, 5.41) is 4.61. The molecule has 0 aliphatic heterocycles. The van der Waals surface area contributed by atoms with Crippen LogP contribution in [0.25, 0.3) is 33.8 Å². The van der Waals surface area contributed by atoms with Crippen LogP contribution in [0.2, 0.25) is 0 Å². The molecule has 4 rings (SSSR count). The lowest BCUT2D eigenvalue weighted by Crippen LogP contribution is -2.02. The van der Waals surface area contributed by atoms with Crippen LogP contribution >= 0.6 is 0 Å². The van der Waals surface area contributed by atoms with Crippen molar-refractivity contribution in [1.82, 2.24) is 10.1 Å². The van der Waals surface area contributed by atoms with Crippen LogP contribution in [0.4, 0.5) is 4.39 Å². The molecule has 0 amide bonds. The molecule has 4 aromatic rings. The van der Waals surface area contributed by atoms with Crippen molar-refractivity contribution in [2.24, 2.45) is 0 Å². The van der Waals surface area contributed by atoms with E-state index in [1.165, 1.54) is 24.3 Å². The highest BCUT2D eigenvalue weighted by Gasteiger charge is 2.16. The average molecular weight is 322 g/mol. The lowest BCUT2D eigenvalue weighted by molar-refractivity contribution is 0.429. The molecule has 0 saturated carbocycles. The summed E-state index contributed by atoms with van der Waals surface area (Å²) in [4.78, 5) is 16.4. The van der Waals surface area contributed by atoms with E-state index in [2.05, 4.69) is 10.1 Å². The molecule has 2 aromatic heterocycles. The number of halogens is 1. The van der Waals surface area contributed by atoms with Crippen LogP contribution in [0.5, 0.6) is 0 Å². The minimum absolute atomic E-state index is 0.0616. The molecule has 2 aromatic carbocycles. The summed E-state index contributed by atoms with van der Waals surface area (Å²) in [6, 6.07) is 12.9. The van der Waals surface area contributed by atoms with Crippen LogP contribution in [0, 0.1) is 12.7 Å². The second kappa shape index (κ2) is 5.42. The van der Waals surface area contributed by atoms with E-state index in [1.54, 1.807) is 12.1 Å². The molecule has 0 aliphatic rings. The number of hydrogen-bond acceptors (Lipinski definition) is 5. The van der Waals surface area contributed by atoms with Gasteiger partial charge in [-0.25, -0.2) is 9.18 Å². The number of benzene rings is 2. The van der Waals surface area contributed by atoms with Gasteiger partial charge >= 0.3 is 5.63 Å². The number of aromatic nitrogens is 2. The zero-order valence-corrected chi connectivity index (χ0v) is 12.6. The molecule has 0 unspecified atom stereocenters. The molecule has 118 valence electrons. The summed E-state index contributed by atoms with van der Waals surface area (Å²) >= 11 is 0. The zero-order valence-electron chi connectivity index (χ0n) is 12.6. The fourth-order valence-electron chi connectivity index (χ4n) is 2.44. The first-order valence-electron chi connectivity index (χ1n) is 7.25. The van der Waals surface area contributed by atoms with Crippen molar-refractivity contribution in [3.05, 3.63) is 70.3 Å². The Morgan fingerprint density at radius 3 is 2.62 bits per heavy atom. The van der Waals surface area contributed by atoms with Gasteiger partial charge in [-0.15, -0.1) is 0 Å². The van der Waals surface area contributed by atoms with Gasteiger partial charge in [-0.2, -0.15) is 4.98 Å². The molecule has 24 heavy (non-hydrogen) atoms. The van der Waals surface area contributed by atoms with Gasteiger partial charge in [-0.05, 0) is 49.4 Å². The standard InChI is InChI=1S/C18H11FN2O3/c1-10-2-7-15-12(8-10)9-14(18(22)23-15)17-20-16(21-24-17)11-3-5-13(19)6-4-11/h2-9H,1H3. The predicted molar refractivity (Wildman–Crippen MR) is 85.9 cm³/mol. The van der Waals surface area contributed by atoms with Crippen LogP contribution in [0.3, 0.4) is 0 Å². The smallest absolute Gasteiger partial charge is 0.349 e. The number of aryl methyl sites for hydroxylation is 1. The molecule has 0 saturated heterocycles. The highest BCUT2D eigenvalue weighted by molar-refractivity contribution is 5.81. The molecule has 0 N–H and O–H groups in total. The topological polar surface area (TPSA) is 69.1 Å². The molecule has 0 spiro atoms. The van der Waals surface area contributed by atoms with Crippen LogP contribution < -0.4 is 5.63 Å². The Labute approximate surface area is 135 Å². The molecular formula is C18H11FN2O3. The third-order valence-corrected chi connectivity index (χ3v) is 3.65. The lowest BCUT2D eigenvalue weighted by Gasteiger charge is -1.99. The van der Waals surface area contributed by atoms with Crippen molar-refractivity contribution in [2.45, 2.75) is 6.92 Å². The van der Waals surface area contributed by atoms with Gasteiger partial charge in [0.2, 0.25) is 5.82 Å². The van der Waals surface area contributed by atoms with Gasteiger partial charge in [0, 0.05) is 10.9 Å². The first-order chi connectivity index (χ1) is 11.6. The van der Waals surface area contributed by atoms with Crippen LogP contribution in [0.1, 0.15) is 5.56 Å². The summed E-state index contributed by atoms with van der Waals surface area (Å²) in [5.74, 6) is -0.0202. The van der Waals surface area contributed by atoms with Crippen molar-refractivity contribution in [3.63, 3.8) is 0 Å². The van der Waals surface area contributed by atoms with E-state index in [9.17, 15) is 9.18 Å². The summed E-state index contributed by atoms with van der Waals surface area (Å²) in [6.45, 7) is 1.95. The Morgan fingerprint density at radius 2 is 1.83 bits per heavy atom. The number of rotatable bonds is 2. The molecule has 0 bridgehead atoms. The highest BCUT2D eigenvalue weighted by Crippen LogP contribution is 2.23. The molecule has 0 aliphatic carbocycles. The second-order valence-electron chi connectivity index (χ2n) is 5.42. The van der Waals surface area contributed by atoms with Crippen molar-refractivity contribution < 1.29 is 13.3 Å². The van der Waals surface area contributed by atoms with Gasteiger partial charge in [0.25, 0.3) is 5.89 Å². The fourth-order valence-corrected chi connectivity index (χ4v) is 2.44. The maximum absolute atomic E-state index is 13.0. The Hall–Kier alpha value is -3.28. The van der Waals surface area contributed by atoms with Crippen LogP contribution in [0.15, 0.2) is 62.3 Å². The fraction of sp³-hybridized carbons (Fsp3) is 0.0556. The largest absolute Gasteiger partial charge is 0.422 e. The van der Waals surface area contributed by atoms with Crippen molar-refractivity contribution in [2.75, 3.05) is 0 Å². The van der Waals surface area contributed by atoms with E-state index in [4.69, 9.17) is 8.94 Å². The van der Waals surface area contributed by atoms with Gasteiger partial charge in [-0.3, -0.25) is 0 Å². The molecular weight excluding hydrogens is 311 g/mol. The Morgan fingerprint density at radius 1 is 1.04 bits per heavy atom. The molecule has 0 fully saturated rings. The number of hydrogen-bond donors (Lipinski definition) is 0. The molecule has 2 heterocycles. The summed E-state index contributed by atoms with van der Waals surface area (Å²) in [5.41, 5.74) is 1.76. The van der Waals surface area contributed by atoms with E-state index in [0.29, 0.717) is 11.1 Å². The third kappa shape index (κ3) is 2.48. The molecule has 6 heteroatoms. The van der Waals surface area contributed by atoms with Gasteiger partial charge in [0.05, 0.1) is 0 Å². The SMILES string of the molecule is Cc1ccc2oc(=O)c(-c3nc(-c4ccc(F)cc4)no3)cc2c1. The van der Waals surface area contributed by atoms with Crippen molar-refractivity contribution >= 4 is 11.0 Å². The van der Waals surface area contributed by atoms with Crippen molar-refractivity contribution in [3.8, 4) is 22.8 Å². The Balaban J connectivity index is 1.81. The Kier molecular flexibility index (Phi) is 3.23. The maximum atomic E-state index is 13.0. The second-order valence-corrected chi connectivity index (χ2v) is 5.42. The minimum atomic E-state index is -0.555. The zero-order chi connectivity index (χ0) is 16.7. The maximum Gasteiger partial charge on any atom is 0.349 e. The first-order valence-corrected chi connectivity index (χ1v) is 7.25. The average Bonchev–Trinajstić information content (AvgIpc) is 3.05. The lowest BCUT2D eigenvalue weighted by atomic mass is 10.1. The summed E-state index contributed by atoms with van der Waals surface area (Å²) in [7, 11) is 0. The number of nitrogens with zero attached hydrogens (tertiary/aromatic N) is 2. The molecule has 0 radical (unpaired) electrons. The van der Waals surface area contributed by atoms with Gasteiger partial charge < -0.3 is 8.94 Å². The van der Waals surface area contributed by atoms with E-state index >= 15 is 0 Å². The van der Waals surface area contributed by atoms with Crippen LogP contribution in [-0.4, -0.2) is 10.1 Å². The minimum Gasteiger partial charge on any atom is -0.422 e. The Bertz CT molecular complexity index is 1100. The highest BCUT2D eigenvalue weighted by atomic mass is 19.1. The summed E-state index contributed by atoms with van der Waals surface area (Å²) < 4.78 is 23.5. The monoisotopic (exact) mass is 322 g/mol. The quantitative estimate of drug-likeness (QED) is 0.523. The van der Waals surface area contributed by atoms with E-state index < -0.39 is 5.63 Å².